The lowest BCUT2D eigenvalue weighted by molar-refractivity contribution is -0.187. The third kappa shape index (κ3) is 3.29. The molecule has 1 atom stereocenters. The van der Waals surface area contributed by atoms with Gasteiger partial charge in [0.1, 0.15) is 5.69 Å². The average molecular weight is 292 g/mol. The molecule has 0 aliphatic carbocycles. The van der Waals surface area contributed by atoms with Gasteiger partial charge < -0.3 is 9.26 Å². The van der Waals surface area contributed by atoms with Crippen molar-refractivity contribution in [3.05, 3.63) is 24.2 Å². The zero-order valence-electron chi connectivity index (χ0n) is 11.6. The van der Waals surface area contributed by atoms with Crippen molar-refractivity contribution in [1.29, 1.82) is 0 Å². The Kier molecular flexibility index (Phi) is 3.98. The number of hydrogen-bond acceptors (Lipinski definition) is 6. The van der Waals surface area contributed by atoms with E-state index in [9.17, 15) is 4.79 Å². The minimum Gasteiger partial charge on any atom is -0.350 e. The number of hydrogen-bond donors (Lipinski definition) is 1. The zero-order valence-corrected chi connectivity index (χ0v) is 11.6. The van der Waals surface area contributed by atoms with Crippen LogP contribution in [0.1, 0.15) is 29.8 Å². The number of nitrogens with zero attached hydrogens (tertiary/aromatic N) is 3. The second kappa shape index (κ2) is 6.06. The molecule has 1 saturated heterocycles. The lowest BCUT2D eigenvalue weighted by Gasteiger charge is -2.21. The van der Waals surface area contributed by atoms with E-state index in [0.717, 1.165) is 24.8 Å². The molecule has 0 spiro atoms. The molecule has 3 rings (SSSR count). The van der Waals surface area contributed by atoms with Crippen molar-refractivity contribution in [1.82, 2.24) is 20.4 Å². The van der Waals surface area contributed by atoms with Crippen LogP contribution in [0.3, 0.4) is 0 Å². The van der Waals surface area contributed by atoms with E-state index < -0.39 is 12.2 Å². The smallest absolute Gasteiger partial charge is 0.313 e. The standard InChI is InChI=1S/C13H16N4O4/c1-17-8-9(7-14-17)10-6-11(20-15-10)13(18)16-21-12-4-2-3-5-19-12/h6-8,12H,2-5H2,1H3,(H,16,18). The molecule has 1 aliphatic rings. The van der Waals surface area contributed by atoms with E-state index in [1.54, 1.807) is 24.1 Å². The number of aryl methyl sites for hydroxylation is 1. The number of aromatic nitrogens is 3. The molecule has 0 radical (unpaired) electrons. The number of amides is 1. The minimum atomic E-state index is -0.494. The zero-order chi connectivity index (χ0) is 14.7. The van der Waals surface area contributed by atoms with Gasteiger partial charge in [0.2, 0.25) is 5.76 Å². The Morgan fingerprint density at radius 3 is 3.14 bits per heavy atom. The molecule has 1 unspecified atom stereocenters. The highest BCUT2D eigenvalue weighted by Crippen LogP contribution is 2.18. The van der Waals surface area contributed by atoms with E-state index in [1.165, 1.54) is 6.07 Å². The molecule has 0 aromatic carbocycles. The fourth-order valence-electron chi connectivity index (χ4n) is 2.05. The van der Waals surface area contributed by atoms with Crippen LogP contribution in [0, 0.1) is 0 Å². The first kappa shape index (κ1) is 13.8. The summed E-state index contributed by atoms with van der Waals surface area (Å²) in [6.45, 7) is 0.647. The molecule has 0 saturated carbocycles. The van der Waals surface area contributed by atoms with Gasteiger partial charge in [-0.15, -0.1) is 0 Å². The normalized spacial score (nSPS) is 18.6. The number of hydroxylamine groups is 1. The summed E-state index contributed by atoms with van der Waals surface area (Å²) in [5, 5.41) is 7.88. The first-order chi connectivity index (χ1) is 10.2. The summed E-state index contributed by atoms with van der Waals surface area (Å²) >= 11 is 0. The van der Waals surface area contributed by atoms with Gasteiger partial charge in [-0.2, -0.15) is 5.10 Å². The first-order valence-corrected chi connectivity index (χ1v) is 6.76. The summed E-state index contributed by atoms with van der Waals surface area (Å²) in [4.78, 5) is 17.1. The second-order valence-corrected chi connectivity index (χ2v) is 4.82. The highest BCUT2D eigenvalue weighted by Gasteiger charge is 2.19. The molecule has 1 aliphatic heterocycles. The van der Waals surface area contributed by atoms with Crippen LogP contribution in [0.15, 0.2) is 23.0 Å². The van der Waals surface area contributed by atoms with Gasteiger partial charge in [-0.3, -0.25) is 9.48 Å². The Labute approximate surface area is 121 Å². The third-order valence-corrected chi connectivity index (χ3v) is 3.16. The number of ether oxygens (including phenoxy) is 1. The Balaban J connectivity index is 1.59. The quantitative estimate of drug-likeness (QED) is 0.853. The van der Waals surface area contributed by atoms with Gasteiger partial charge in [-0.25, -0.2) is 10.3 Å². The Morgan fingerprint density at radius 1 is 1.52 bits per heavy atom. The van der Waals surface area contributed by atoms with E-state index in [1.807, 2.05) is 0 Å². The van der Waals surface area contributed by atoms with Crippen LogP contribution in [0.4, 0.5) is 0 Å². The van der Waals surface area contributed by atoms with Gasteiger partial charge in [-0.05, 0) is 12.8 Å². The maximum Gasteiger partial charge on any atom is 0.313 e. The number of nitrogens with one attached hydrogen (secondary N) is 1. The highest BCUT2D eigenvalue weighted by atomic mass is 16.8. The summed E-state index contributed by atoms with van der Waals surface area (Å²) in [5.74, 6) is -0.420. The van der Waals surface area contributed by atoms with Crippen LogP contribution in [-0.2, 0) is 16.6 Å². The van der Waals surface area contributed by atoms with Gasteiger partial charge >= 0.3 is 5.91 Å². The summed E-state index contributed by atoms with van der Waals surface area (Å²) in [5.41, 5.74) is 3.64. The summed E-state index contributed by atoms with van der Waals surface area (Å²) in [6, 6.07) is 1.54. The van der Waals surface area contributed by atoms with E-state index >= 15 is 0 Å². The summed E-state index contributed by atoms with van der Waals surface area (Å²) < 4.78 is 12.0. The Bertz CT molecular complexity index is 615. The Hall–Kier alpha value is -2.19. The molecule has 8 nitrogen and oxygen atoms in total. The topological polar surface area (TPSA) is 91.4 Å². The molecule has 0 bridgehead atoms. The maximum atomic E-state index is 11.9. The molecule has 8 heteroatoms. The molecule has 2 aromatic rings. The summed E-state index contributed by atoms with van der Waals surface area (Å²) in [6.07, 6.45) is 5.83. The number of carbonyl (C=O) groups excluding carboxylic acids is 1. The van der Waals surface area contributed by atoms with Crippen LogP contribution in [0.2, 0.25) is 0 Å². The molecule has 1 N–H and O–H groups in total. The predicted octanol–water partition coefficient (Wildman–Crippen LogP) is 1.26. The fourth-order valence-corrected chi connectivity index (χ4v) is 2.05. The third-order valence-electron chi connectivity index (χ3n) is 3.16. The monoisotopic (exact) mass is 292 g/mol. The minimum absolute atomic E-state index is 0.0738. The van der Waals surface area contributed by atoms with Crippen molar-refractivity contribution in [2.24, 2.45) is 7.05 Å². The SMILES string of the molecule is Cn1cc(-c2cc(C(=O)NOC3CCCCO3)on2)cn1. The van der Waals surface area contributed by atoms with Gasteiger partial charge in [0.05, 0.1) is 6.20 Å². The maximum absolute atomic E-state index is 11.9. The van der Waals surface area contributed by atoms with Crippen molar-refractivity contribution in [2.45, 2.75) is 25.6 Å². The van der Waals surface area contributed by atoms with Crippen molar-refractivity contribution >= 4 is 5.91 Å². The van der Waals surface area contributed by atoms with Crippen molar-refractivity contribution in [3.63, 3.8) is 0 Å². The van der Waals surface area contributed by atoms with E-state index in [2.05, 4.69) is 15.7 Å². The van der Waals surface area contributed by atoms with Crippen LogP contribution in [-0.4, -0.2) is 33.7 Å². The highest BCUT2D eigenvalue weighted by molar-refractivity contribution is 5.91. The lowest BCUT2D eigenvalue weighted by atomic mass is 10.2. The molecule has 2 aromatic heterocycles. The number of carbonyl (C=O) groups is 1. The largest absolute Gasteiger partial charge is 0.350 e. The predicted molar refractivity (Wildman–Crippen MR) is 70.8 cm³/mol. The molecule has 112 valence electrons. The van der Waals surface area contributed by atoms with Crippen molar-refractivity contribution in [3.8, 4) is 11.3 Å². The van der Waals surface area contributed by atoms with Gasteiger partial charge in [-0.1, -0.05) is 5.16 Å². The van der Waals surface area contributed by atoms with Crippen molar-refractivity contribution in [2.75, 3.05) is 6.61 Å². The fraction of sp³-hybridized carbons (Fsp3) is 0.462. The van der Waals surface area contributed by atoms with Gasteiger partial charge in [0.15, 0.2) is 6.29 Å². The van der Waals surface area contributed by atoms with Crippen LogP contribution in [0.5, 0.6) is 0 Å². The Morgan fingerprint density at radius 2 is 2.43 bits per heavy atom. The van der Waals surface area contributed by atoms with E-state index in [-0.39, 0.29) is 5.76 Å². The van der Waals surface area contributed by atoms with E-state index in [4.69, 9.17) is 14.1 Å². The second-order valence-electron chi connectivity index (χ2n) is 4.82. The molecular weight excluding hydrogens is 276 g/mol. The molecule has 1 amide bonds. The van der Waals surface area contributed by atoms with Gasteiger partial charge in [0.25, 0.3) is 0 Å². The van der Waals surface area contributed by atoms with E-state index in [0.29, 0.717) is 12.3 Å². The summed E-state index contributed by atoms with van der Waals surface area (Å²) in [7, 11) is 1.80. The molecular formula is C13H16N4O4. The molecule has 1 fully saturated rings. The molecule has 21 heavy (non-hydrogen) atoms. The lowest BCUT2D eigenvalue weighted by Crippen LogP contribution is -2.32. The number of rotatable bonds is 4. The van der Waals surface area contributed by atoms with Crippen LogP contribution < -0.4 is 5.48 Å². The van der Waals surface area contributed by atoms with Gasteiger partial charge in [0, 0.05) is 37.9 Å². The van der Waals surface area contributed by atoms with Crippen molar-refractivity contribution < 1.29 is 18.9 Å². The molecule has 3 heterocycles. The average Bonchev–Trinajstić information content (AvgIpc) is 3.14. The first-order valence-electron chi connectivity index (χ1n) is 6.76. The van der Waals surface area contributed by atoms with Crippen LogP contribution >= 0.6 is 0 Å². The van der Waals surface area contributed by atoms with Crippen LogP contribution in [0.25, 0.3) is 11.3 Å².